The number of amides is 1. The monoisotopic (exact) mass is 434 g/mol. The summed E-state index contributed by atoms with van der Waals surface area (Å²) in [5.41, 5.74) is 3.11. The fourth-order valence-electron chi connectivity index (χ4n) is 3.96. The number of carbonyl (C=O) groups is 1. The maximum absolute atomic E-state index is 13.2. The van der Waals surface area contributed by atoms with Gasteiger partial charge in [-0.2, -0.15) is 0 Å². The number of para-hydroxylation sites is 1. The van der Waals surface area contributed by atoms with E-state index in [0.29, 0.717) is 19.7 Å². The number of piperazine rings is 1. The Balaban J connectivity index is 1.19. The molecule has 1 saturated heterocycles. The molecule has 0 spiro atoms. The van der Waals surface area contributed by atoms with E-state index in [2.05, 4.69) is 16.0 Å². The molecule has 30 heavy (non-hydrogen) atoms. The van der Waals surface area contributed by atoms with Crippen LogP contribution in [-0.2, 0) is 6.61 Å². The molecule has 3 aromatic heterocycles. The maximum atomic E-state index is 13.2. The molecular formula is C22H18N4O2S2. The fourth-order valence-corrected chi connectivity index (χ4v) is 6.08. The van der Waals surface area contributed by atoms with Crippen LogP contribution in [0.25, 0.3) is 20.8 Å². The van der Waals surface area contributed by atoms with Crippen molar-refractivity contribution in [1.82, 2.24) is 14.9 Å². The van der Waals surface area contributed by atoms with E-state index in [0.717, 1.165) is 55.2 Å². The predicted octanol–water partition coefficient (Wildman–Crippen LogP) is 4.27. The zero-order valence-corrected chi connectivity index (χ0v) is 17.7. The molecular weight excluding hydrogens is 416 g/mol. The molecule has 0 atom stereocenters. The largest absolute Gasteiger partial charge is 0.488 e. The summed E-state index contributed by atoms with van der Waals surface area (Å²) in [5, 5.41) is 0.983. The van der Waals surface area contributed by atoms with E-state index in [1.807, 2.05) is 41.3 Å². The van der Waals surface area contributed by atoms with Crippen LogP contribution < -0.4 is 9.64 Å². The van der Waals surface area contributed by atoms with Crippen molar-refractivity contribution >= 4 is 44.1 Å². The molecule has 1 aromatic carbocycles. The smallest absolute Gasteiger partial charge is 0.264 e. The highest BCUT2D eigenvalue weighted by Gasteiger charge is 2.28. The highest BCUT2D eigenvalue weighted by Crippen LogP contribution is 2.42. The van der Waals surface area contributed by atoms with Gasteiger partial charge in [0.2, 0.25) is 0 Å². The molecule has 0 N–H and O–H groups in total. The Morgan fingerprint density at radius 2 is 1.90 bits per heavy atom. The molecule has 0 aliphatic carbocycles. The number of pyridine rings is 1. The minimum atomic E-state index is 0.109. The zero-order chi connectivity index (χ0) is 20.1. The molecule has 8 heteroatoms. The van der Waals surface area contributed by atoms with E-state index in [-0.39, 0.29) is 5.91 Å². The second-order valence-corrected chi connectivity index (χ2v) is 9.36. The lowest BCUT2D eigenvalue weighted by molar-refractivity contribution is 0.0751. The average molecular weight is 435 g/mol. The zero-order valence-electron chi connectivity index (χ0n) is 16.1. The van der Waals surface area contributed by atoms with Crippen LogP contribution in [-0.4, -0.2) is 47.0 Å². The number of fused-ring (bicyclic) bond motifs is 4. The lowest BCUT2D eigenvalue weighted by Gasteiger charge is -2.34. The lowest BCUT2D eigenvalue weighted by atomic mass is 10.1. The maximum Gasteiger partial charge on any atom is 0.264 e. The van der Waals surface area contributed by atoms with Crippen LogP contribution >= 0.6 is 22.7 Å². The van der Waals surface area contributed by atoms with E-state index >= 15 is 0 Å². The molecule has 6 nitrogen and oxygen atoms in total. The van der Waals surface area contributed by atoms with Gasteiger partial charge in [-0.25, -0.2) is 9.97 Å². The minimum Gasteiger partial charge on any atom is -0.488 e. The number of benzene rings is 1. The van der Waals surface area contributed by atoms with Gasteiger partial charge in [-0.3, -0.25) is 4.79 Å². The van der Waals surface area contributed by atoms with Crippen molar-refractivity contribution in [3.05, 3.63) is 59.1 Å². The first-order valence-electron chi connectivity index (χ1n) is 9.87. The summed E-state index contributed by atoms with van der Waals surface area (Å²) < 4.78 is 5.84. The second-order valence-electron chi connectivity index (χ2n) is 7.35. The summed E-state index contributed by atoms with van der Waals surface area (Å²) in [6.45, 7) is 3.47. The van der Waals surface area contributed by atoms with E-state index in [4.69, 9.17) is 9.72 Å². The van der Waals surface area contributed by atoms with E-state index in [9.17, 15) is 4.79 Å². The molecule has 1 fully saturated rings. The van der Waals surface area contributed by atoms with Crippen molar-refractivity contribution in [3.8, 4) is 16.2 Å². The van der Waals surface area contributed by atoms with E-state index < -0.39 is 0 Å². The number of ether oxygens (including phenoxy) is 1. The Hall–Kier alpha value is -2.97. The van der Waals surface area contributed by atoms with Crippen LogP contribution in [0.4, 0.5) is 5.13 Å². The Morgan fingerprint density at radius 3 is 2.77 bits per heavy atom. The number of thiophene rings is 1. The van der Waals surface area contributed by atoms with Crippen molar-refractivity contribution in [2.24, 2.45) is 0 Å². The Labute approximate surface area is 181 Å². The van der Waals surface area contributed by atoms with Gasteiger partial charge >= 0.3 is 0 Å². The first-order valence-corrected chi connectivity index (χ1v) is 11.5. The Kier molecular flexibility index (Phi) is 4.21. The molecule has 0 bridgehead atoms. The molecule has 0 saturated carbocycles. The summed E-state index contributed by atoms with van der Waals surface area (Å²) in [5.74, 6) is 1.00. The van der Waals surface area contributed by atoms with Gasteiger partial charge in [-0.15, -0.1) is 11.3 Å². The molecule has 0 unspecified atom stereocenters. The number of thiazole rings is 1. The number of hydrogen-bond acceptors (Lipinski definition) is 7. The third-order valence-corrected chi connectivity index (χ3v) is 7.77. The number of carbonyl (C=O) groups excluding carboxylic acids is 1. The van der Waals surface area contributed by atoms with Gasteiger partial charge in [-0.05, 0) is 30.3 Å². The first-order chi connectivity index (χ1) is 14.8. The molecule has 4 aromatic rings. The van der Waals surface area contributed by atoms with Gasteiger partial charge < -0.3 is 14.5 Å². The molecule has 5 heterocycles. The van der Waals surface area contributed by atoms with Gasteiger partial charge in [0, 0.05) is 48.4 Å². The normalized spacial score (nSPS) is 15.6. The van der Waals surface area contributed by atoms with Gasteiger partial charge in [0.25, 0.3) is 5.91 Å². The van der Waals surface area contributed by atoms with Gasteiger partial charge in [0.1, 0.15) is 22.7 Å². The second kappa shape index (κ2) is 7.07. The predicted molar refractivity (Wildman–Crippen MR) is 120 cm³/mol. The van der Waals surface area contributed by atoms with E-state index in [1.54, 1.807) is 28.9 Å². The third-order valence-electron chi connectivity index (χ3n) is 5.53. The summed E-state index contributed by atoms with van der Waals surface area (Å²) in [7, 11) is 0. The molecule has 1 amide bonds. The number of nitrogens with zero attached hydrogens (tertiary/aromatic N) is 4. The summed E-state index contributed by atoms with van der Waals surface area (Å²) in [6.07, 6.45) is 1.80. The average Bonchev–Trinajstić information content (AvgIpc) is 3.43. The molecule has 2 aliphatic rings. The van der Waals surface area contributed by atoms with Gasteiger partial charge in [-0.1, -0.05) is 23.5 Å². The fraction of sp³-hybridized carbons (Fsp3) is 0.227. The summed E-state index contributed by atoms with van der Waals surface area (Å²) in [6, 6.07) is 13.9. The molecule has 2 aliphatic heterocycles. The highest BCUT2D eigenvalue weighted by molar-refractivity contribution is 7.21. The topological polar surface area (TPSA) is 58.6 Å². The molecule has 0 radical (unpaired) electrons. The quantitative estimate of drug-likeness (QED) is 0.471. The number of anilines is 1. The molecule has 150 valence electrons. The van der Waals surface area contributed by atoms with Gasteiger partial charge in [0.15, 0.2) is 5.13 Å². The van der Waals surface area contributed by atoms with Crippen LogP contribution in [0, 0.1) is 0 Å². The lowest BCUT2D eigenvalue weighted by Crippen LogP contribution is -2.48. The third kappa shape index (κ3) is 2.95. The standard InChI is InChI=1S/C22H18N4O2S2/c27-21(18-12-14-13-28-17-6-2-1-4-15(17)19(14)29-18)25-8-10-26(11-9-25)22-24-16-5-3-7-23-20(16)30-22/h1-7,12H,8-11,13H2. The Morgan fingerprint density at radius 1 is 1.03 bits per heavy atom. The first kappa shape index (κ1) is 17.9. The Bertz CT molecular complexity index is 1220. The van der Waals surface area contributed by atoms with Crippen LogP contribution in [0.15, 0.2) is 48.7 Å². The SMILES string of the molecule is O=C(c1cc2c(s1)-c1ccccc1OC2)N1CCN(c2nc3cccnc3s2)CC1. The minimum absolute atomic E-state index is 0.109. The van der Waals surface area contributed by atoms with E-state index in [1.165, 1.54) is 0 Å². The van der Waals surface area contributed by atoms with Gasteiger partial charge in [0.05, 0.1) is 4.88 Å². The van der Waals surface area contributed by atoms with Crippen LogP contribution in [0.3, 0.4) is 0 Å². The highest BCUT2D eigenvalue weighted by atomic mass is 32.1. The summed E-state index contributed by atoms with van der Waals surface area (Å²) in [4.78, 5) is 29.3. The number of rotatable bonds is 2. The number of hydrogen-bond donors (Lipinski definition) is 0. The van der Waals surface area contributed by atoms with Crippen molar-refractivity contribution in [3.63, 3.8) is 0 Å². The van der Waals surface area contributed by atoms with Crippen LogP contribution in [0.5, 0.6) is 5.75 Å². The van der Waals surface area contributed by atoms with Crippen molar-refractivity contribution in [2.75, 3.05) is 31.1 Å². The molecule has 6 rings (SSSR count). The van der Waals surface area contributed by atoms with Crippen LogP contribution in [0.1, 0.15) is 15.2 Å². The van der Waals surface area contributed by atoms with Crippen molar-refractivity contribution in [1.29, 1.82) is 0 Å². The van der Waals surface area contributed by atoms with Crippen molar-refractivity contribution < 1.29 is 9.53 Å². The summed E-state index contributed by atoms with van der Waals surface area (Å²) >= 11 is 3.19. The van der Waals surface area contributed by atoms with Crippen molar-refractivity contribution in [2.45, 2.75) is 6.61 Å². The number of aromatic nitrogens is 2. The van der Waals surface area contributed by atoms with Crippen LogP contribution in [0.2, 0.25) is 0 Å².